The molecule has 2 bridgehead atoms. The molecule has 4 nitrogen and oxygen atoms in total. The molecular formula is C14H18N2O2. The second-order valence-electron chi connectivity index (χ2n) is 5.15. The lowest BCUT2D eigenvalue weighted by Crippen LogP contribution is -2.52. The van der Waals surface area contributed by atoms with E-state index in [9.17, 15) is 4.79 Å². The molecule has 18 heavy (non-hydrogen) atoms. The van der Waals surface area contributed by atoms with Crippen molar-refractivity contribution < 1.29 is 9.53 Å². The molecule has 1 atom stereocenters. The fourth-order valence-corrected chi connectivity index (χ4v) is 2.98. The van der Waals surface area contributed by atoms with Crippen molar-refractivity contribution in [2.24, 2.45) is 11.7 Å². The second-order valence-corrected chi connectivity index (χ2v) is 5.15. The van der Waals surface area contributed by atoms with Crippen LogP contribution in [0.4, 0.5) is 0 Å². The summed E-state index contributed by atoms with van der Waals surface area (Å²) in [5.74, 6) is 0.826. The molecule has 0 radical (unpaired) electrons. The first-order valence-corrected chi connectivity index (χ1v) is 6.52. The molecule has 1 amide bonds. The first kappa shape index (κ1) is 11.5. The van der Waals surface area contributed by atoms with Gasteiger partial charge in [0.15, 0.2) is 0 Å². The Morgan fingerprint density at radius 3 is 2.61 bits per heavy atom. The number of amides is 1. The molecule has 0 aliphatic carbocycles. The van der Waals surface area contributed by atoms with Gasteiger partial charge in [-0.05, 0) is 44.0 Å². The minimum absolute atomic E-state index is 0.202. The third kappa shape index (κ3) is 2.08. The number of para-hydroxylation sites is 1. The summed E-state index contributed by atoms with van der Waals surface area (Å²) >= 11 is 0. The van der Waals surface area contributed by atoms with Gasteiger partial charge in [0.2, 0.25) is 0 Å². The number of rotatable bonds is 3. The molecule has 3 aliphatic rings. The average Bonchev–Trinajstić information content (AvgIpc) is 2.40. The molecule has 1 unspecified atom stereocenters. The largest absolute Gasteiger partial charge is 0.488 e. The zero-order valence-electron chi connectivity index (χ0n) is 10.3. The van der Waals surface area contributed by atoms with Crippen molar-refractivity contribution in [2.75, 3.05) is 19.6 Å². The summed E-state index contributed by atoms with van der Waals surface area (Å²) < 4.78 is 6.04. The average molecular weight is 246 g/mol. The van der Waals surface area contributed by atoms with Gasteiger partial charge in [-0.2, -0.15) is 0 Å². The SMILES string of the molecule is NC(=O)c1ccccc1OC1CN2CCC1CC2. The zero-order chi connectivity index (χ0) is 12.5. The minimum atomic E-state index is -0.424. The van der Waals surface area contributed by atoms with E-state index in [2.05, 4.69) is 4.90 Å². The maximum atomic E-state index is 11.4. The molecule has 4 rings (SSSR count). The maximum absolute atomic E-state index is 11.4. The van der Waals surface area contributed by atoms with Gasteiger partial charge in [0, 0.05) is 6.54 Å². The van der Waals surface area contributed by atoms with Crippen LogP contribution < -0.4 is 10.5 Å². The topological polar surface area (TPSA) is 55.6 Å². The van der Waals surface area contributed by atoms with Gasteiger partial charge in [-0.25, -0.2) is 0 Å². The van der Waals surface area contributed by atoms with Crippen LogP contribution in [0.1, 0.15) is 23.2 Å². The van der Waals surface area contributed by atoms with Crippen LogP contribution in [0.25, 0.3) is 0 Å². The Morgan fingerprint density at radius 1 is 1.28 bits per heavy atom. The highest BCUT2D eigenvalue weighted by Crippen LogP contribution is 2.31. The van der Waals surface area contributed by atoms with Crippen LogP contribution in [0, 0.1) is 5.92 Å². The first-order valence-electron chi connectivity index (χ1n) is 6.52. The number of nitrogens with zero attached hydrogens (tertiary/aromatic N) is 1. The monoisotopic (exact) mass is 246 g/mol. The summed E-state index contributed by atoms with van der Waals surface area (Å²) in [6.07, 6.45) is 2.60. The summed E-state index contributed by atoms with van der Waals surface area (Å²) in [6.45, 7) is 3.34. The lowest BCUT2D eigenvalue weighted by atomic mass is 9.86. The summed E-state index contributed by atoms with van der Waals surface area (Å²) in [5, 5.41) is 0. The van der Waals surface area contributed by atoms with Crippen molar-refractivity contribution in [1.82, 2.24) is 4.90 Å². The van der Waals surface area contributed by atoms with Crippen LogP contribution in [0.5, 0.6) is 5.75 Å². The van der Waals surface area contributed by atoms with E-state index in [1.165, 1.54) is 25.9 Å². The molecule has 3 aliphatic heterocycles. The Hall–Kier alpha value is -1.55. The van der Waals surface area contributed by atoms with Crippen LogP contribution in [-0.4, -0.2) is 36.5 Å². The maximum Gasteiger partial charge on any atom is 0.252 e. The quantitative estimate of drug-likeness (QED) is 0.873. The normalized spacial score (nSPS) is 30.1. The van der Waals surface area contributed by atoms with Gasteiger partial charge in [0.1, 0.15) is 11.9 Å². The summed E-state index contributed by atoms with van der Waals surface area (Å²) in [5.41, 5.74) is 5.85. The smallest absolute Gasteiger partial charge is 0.252 e. The fourth-order valence-electron chi connectivity index (χ4n) is 2.98. The highest BCUT2D eigenvalue weighted by Gasteiger charge is 2.35. The number of hydrogen-bond acceptors (Lipinski definition) is 3. The van der Waals surface area contributed by atoms with Crippen LogP contribution >= 0.6 is 0 Å². The predicted molar refractivity (Wildman–Crippen MR) is 68.5 cm³/mol. The number of hydrogen-bond donors (Lipinski definition) is 1. The lowest BCUT2D eigenvalue weighted by Gasteiger charge is -2.44. The zero-order valence-corrected chi connectivity index (χ0v) is 10.3. The Kier molecular flexibility index (Phi) is 2.96. The van der Waals surface area contributed by atoms with Crippen molar-refractivity contribution in [3.05, 3.63) is 29.8 Å². The van der Waals surface area contributed by atoms with Crippen molar-refractivity contribution in [2.45, 2.75) is 18.9 Å². The Labute approximate surface area is 107 Å². The predicted octanol–water partition coefficient (Wildman–Crippen LogP) is 1.26. The molecule has 0 spiro atoms. The van der Waals surface area contributed by atoms with E-state index < -0.39 is 5.91 Å². The molecule has 3 fully saturated rings. The highest BCUT2D eigenvalue weighted by molar-refractivity contribution is 5.95. The van der Waals surface area contributed by atoms with Gasteiger partial charge < -0.3 is 10.5 Å². The summed E-state index contributed by atoms with van der Waals surface area (Å²) in [7, 11) is 0. The van der Waals surface area contributed by atoms with E-state index in [1.807, 2.05) is 18.2 Å². The third-order valence-corrected chi connectivity index (χ3v) is 4.03. The van der Waals surface area contributed by atoms with Gasteiger partial charge in [-0.15, -0.1) is 0 Å². The van der Waals surface area contributed by atoms with Crippen molar-refractivity contribution in [1.29, 1.82) is 0 Å². The number of nitrogens with two attached hydrogens (primary N) is 1. The van der Waals surface area contributed by atoms with Crippen LogP contribution in [0.2, 0.25) is 0 Å². The van der Waals surface area contributed by atoms with Crippen molar-refractivity contribution >= 4 is 5.91 Å². The van der Waals surface area contributed by atoms with Gasteiger partial charge in [0.05, 0.1) is 5.56 Å². The minimum Gasteiger partial charge on any atom is -0.488 e. The number of primary amides is 1. The fraction of sp³-hybridized carbons (Fsp3) is 0.500. The molecule has 1 aromatic rings. The van der Waals surface area contributed by atoms with E-state index in [0.717, 1.165) is 6.54 Å². The van der Waals surface area contributed by atoms with Crippen LogP contribution in [0.3, 0.4) is 0 Å². The Morgan fingerprint density at radius 2 is 2.00 bits per heavy atom. The molecule has 1 aromatic carbocycles. The van der Waals surface area contributed by atoms with Gasteiger partial charge in [-0.3, -0.25) is 9.69 Å². The molecule has 2 N–H and O–H groups in total. The second kappa shape index (κ2) is 4.61. The van der Waals surface area contributed by atoms with E-state index in [0.29, 0.717) is 17.2 Å². The molecule has 0 saturated carbocycles. The Bertz CT molecular complexity index is 453. The highest BCUT2D eigenvalue weighted by atomic mass is 16.5. The number of carbonyl (C=O) groups excluding carboxylic acids is 1. The molecule has 96 valence electrons. The van der Waals surface area contributed by atoms with E-state index in [1.54, 1.807) is 6.07 Å². The number of ether oxygens (including phenoxy) is 1. The van der Waals surface area contributed by atoms with Crippen LogP contribution in [-0.2, 0) is 0 Å². The molecule has 3 saturated heterocycles. The molecular weight excluding hydrogens is 228 g/mol. The molecule has 0 aromatic heterocycles. The van der Waals surface area contributed by atoms with Gasteiger partial charge in [-0.1, -0.05) is 12.1 Å². The Balaban J connectivity index is 1.78. The number of benzene rings is 1. The van der Waals surface area contributed by atoms with E-state index >= 15 is 0 Å². The van der Waals surface area contributed by atoms with E-state index in [-0.39, 0.29) is 6.10 Å². The standard InChI is InChI=1S/C14H18N2O2/c15-14(17)11-3-1-2-4-12(11)18-13-9-16-7-5-10(13)6-8-16/h1-4,10,13H,5-9H2,(H2,15,17). The third-order valence-electron chi connectivity index (χ3n) is 4.03. The van der Waals surface area contributed by atoms with Crippen molar-refractivity contribution in [3.63, 3.8) is 0 Å². The van der Waals surface area contributed by atoms with Crippen molar-refractivity contribution in [3.8, 4) is 5.75 Å². The van der Waals surface area contributed by atoms with Gasteiger partial charge >= 0.3 is 0 Å². The summed E-state index contributed by atoms with van der Waals surface area (Å²) in [4.78, 5) is 13.8. The first-order chi connectivity index (χ1) is 8.74. The number of carbonyl (C=O) groups is 1. The number of fused-ring (bicyclic) bond motifs is 3. The van der Waals surface area contributed by atoms with Crippen LogP contribution in [0.15, 0.2) is 24.3 Å². The van der Waals surface area contributed by atoms with E-state index in [4.69, 9.17) is 10.5 Å². The van der Waals surface area contributed by atoms with Gasteiger partial charge in [0.25, 0.3) is 5.91 Å². The molecule has 3 heterocycles. The lowest BCUT2D eigenvalue weighted by molar-refractivity contribution is -0.00806. The number of piperidine rings is 3. The summed E-state index contributed by atoms with van der Waals surface area (Å²) in [6, 6.07) is 7.24. The molecule has 4 heteroatoms.